The van der Waals surface area contributed by atoms with Crippen molar-refractivity contribution in [3.05, 3.63) is 317 Å². The van der Waals surface area contributed by atoms with Crippen molar-refractivity contribution in [1.29, 1.82) is 0 Å². The SMILES string of the molecule is C=CCNC(=O)c1ccc2n[nH]c(/C=C/c3ccc(OC)c(OC)c3)c2c1OC.COc1c(C(=O)NC2CC2)ccc2n[nH]c(/C=C/c3ccc4c(c3)CCO4)c12.COc1c(C(=O)NCC2CC2)ccc2n[nH]c(/C=C/c3ccc4c(c3)CCO4)c12.COc1c(C(=O)NCc2ccco2)ccc2n[nH]c(/C=C/c3ccc4c(c3)CCO4)c12.COc1c(C(=O)NCc2cccs2)ccc2n[nH]c(/C=C/c3ccc4c(c3)CCO4)c12. The molecule has 17 aromatic rings. The molecular formula is C115H109N15O17S. The molecule has 0 radical (unpaired) electrons. The van der Waals surface area contributed by atoms with Crippen molar-refractivity contribution in [1.82, 2.24) is 77.6 Å². The number of carbonyl (C=O) groups excluding carboxylic acids is 5. The molecule has 32 nitrogen and oxygen atoms in total. The minimum absolute atomic E-state index is 0.101. The molecule has 2 aliphatic carbocycles. The van der Waals surface area contributed by atoms with E-state index in [4.69, 9.17) is 56.5 Å². The van der Waals surface area contributed by atoms with Crippen molar-refractivity contribution in [2.24, 2.45) is 5.92 Å². The van der Waals surface area contributed by atoms with Crippen LogP contribution in [0.4, 0.5) is 0 Å². The van der Waals surface area contributed by atoms with Gasteiger partial charge in [-0.15, -0.1) is 17.9 Å². The third kappa shape index (κ3) is 22.5. The summed E-state index contributed by atoms with van der Waals surface area (Å²) >= 11 is 1.61. The van der Waals surface area contributed by atoms with E-state index in [0.29, 0.717) is 111 Å². The van der Waals surface area contributed by atoms with Crippen LogP contribution in [0.2, 0.25) is 0 Å². The Hall–Kier alpha value is -17.9. The van der Waals surface area contributed by atoms with Gasteiger partial charge in [0.25, 0.3) is 29.5 Å². The zero-order valence-corrected chi connectivity index (χ0v) is 83.3. The Morgan fingerprint density at radius 1 is 0.365 bits per heavy atom. The number of H-pyrrole nitrogens is 5. The predicted octanol–water partition coefficient (Wildman–Crippen LogP) is 19.9. The van der Waals surface area contributed by atoms with Crippen LogP contribution in [-0.2, 0) is 38.8 Å². The lowest BCUT2D eigenvalue weighted by molar-refractivity contribution is 0.0938. The van der Waals surface area contributed by atoms with Crippen LogP contribution in [0.3, 0.4) is 0 Å². The van der Waals surface area contributed by atoms with E-state index in [9.17, 15) is 24.0 Å². The number of aromatic amines is 5. The van der Waals surface area contributed by atoms with E-state index in [-0.39, 0.29) is 29.5 Å². The Balaban J connectivity index is 0.000000116. The number of furan rings is 1. The summed E-state index contributed by atoms with van der Waals surface area (Å²) in [6, 6.07) is 56.0. The first kappa shape index (κ1) is 98.9. The summed E-state index contributed by atoms with van der Waals surface area (Å²) in [5.74, 6) is 8.14. The van der Waals surface area contributed by atoms with Gasteiger partial charge in [-0.3, -0.25) is 49.5 Å². The molecule has 4 aliphatic heterocycles. The third-order valence-corrected chi connectivity index (χ3v) is 26.7. The van der Waals surface area contributed by atoms with Crippen LogP contribution in [0, 0.1) is 5.92 Å². The fourth-order valence-electron chi connectivity index (χ4n) is 17.9. The van der Waals surface area contributed by atoms with E-state index >= 15 is 0 Å². The van der Waals surface area contributed by atoms with Crippen LogP contribution in [-0.4, -0.2) is 176 Å². The number of ether oxygens (including phenoxy) is 11. The van der Waals surface area contributed by atoms with Gasteiger partial charge in [-0.2, -0.15) is 25.5 Å². The number of nitrogens with zero attached hydrogens (tertiary/aromatic N) is 5. The Kier molecular flexibility index (Phi) is 30.6. The number of hydrogen-bond donors (Lipinski definition) is 10. The van der Waals surface area contributed by atoms with Gasteiger partial charge in [0.1, 0.15) is 57.5 Å². The molecule has 33 heteroatoms. The highest BCUT2D eigenvalue weighted by atomic mass is 32.1. The number of methoxy groups -OCH3 is 7. The molecule has 0 spiro atoms. The summed E-state index contributed by atoms with van der Waals surface area (Å²) < 4.78 is 66.3. The Bertz CT molecular complexity index is 7770. The topological polar surface area (TPSA) is 404 Å². The molecule has 0 saturated heterocycles. The van der Waals surface area contributed by atoms with Crippen LogP contribution in [0.15, 0.2) is 205 Å². The number of carbonyl (C=O) groups is 5. The molecule has 5 amide bonds. The number of benzene rings is 10. The highest BCUT2D eigenvalue weighted by molar-refractivity contribution is 7.09. The average Bonchev–Trinajstić information content (AvgIpc) is 1.66. The van der Waals surface area contributed by atoms with E-state index in [1.54, 1.807) is 115 Å². The van der Waals surface area contributed by atoms with Crippen LogP contribution < -0.4 is 78.7 Å². The third-order valence-electron chi connectivity index (χ3n) is 25.8. The van der Waals surface area contributed by atoms with E-state index in [1.807, 2.05) is 169 Å². The average molecular weight is 2010 g/mol. The smallest absolute Gasteiger partial charge is 0.255 e. The summed E-state index contributed by atoms with van der Waals surface area (Å²) in [6.45, 7) is 8.46. The minimum atomic E-state index is -0.245. The van der Waals surface area contributed by atoms with Gasteiger partial charge >= 0.3 is 0 Å². The molecule has 11 heterocycles. The lowest BCUT2D eigenvalue weighted by Gasteiger charge is -2.10. The lowest BCUT2D eigenvalue weighted by Crippen LogP contribution is -2.26. The van der Waals surface area contributed by atoms with Crippen molar-refractivity contribution >= 4 is 156 Å². The first-order valence-corrected chi connectivity index (χ1v) is 49.4. The van der Waals surface area contributed by atoms with Crippen molar-refractivity contribution in [2.75, 3.05) is 89.3 Å². The quantitative estimate of drug-likeness (QED) is 0.0180. The molecule has 0 bridgehead atoms. The fourth-order valence-corrected chi connectivity index (χ4v) is 18.6. The molecule has 0 unspecified atom stereocenters. The molecule has 752 valence electrons. The number of aromatic nitrogens is 10. The number of nitrogens with one attached hydrogen (secondary N) is 10. The second kappa shape index (κ2) is 45.8. The minimum Gasteiger partial charge on any atom is -0.495 e. The number of thiophene rings is 1. The highest BCUT2D eigenvalue weighted by Crippen LogP contribution is 2.42. The standard InChI is InChI=1S/C24H21N3O4.C24H21N3O3S.C23H23N3O3.C22H23N3O4.C22H21N3O3/c1-29-23-18(24(28)25-14-17-3-2-11-30-17)6-8-20-22(23)19(26-27-20)7-4-15-5-9-21-16(13-15)10-12-31-21;1-29-23-18(24(28)25-14-17-3-2-12-31-17)6-8-20-22(23)19(26-27-20)7-4-15-5-9-21-16(13-15)10-11-30-21;1-28-22-17(23(27)24-13-15-2-3-15)6-8-19-21(22)18(25-26-19)7-4-14-5-9-20-16(12-14)10-11-29-20;1-5-12-23-22(26)15-8-10-17-20(21(15)29-4)16(24-25-17)9-6-14-7-11-18(27-2)19(13-14)28-3;1-27-21-16(22(26)23-15-4-5-15)6-8-18-20(21)17(24-25-18)7-2-13-3-9-19-14(12-13)10-11-28-19/h2-9,11,13H,10,12,14H2,1H3,(H,25,28)(H,26,27);2-9,12-13H,10-11,14H2,1H3,(H,25,28)(H,26,27);4-9,12,15H,2-3,10-11,13H2,1H3,(H,24,27)(H,25,26);5-11,13H,1,12H2,2-4H3,(H,23,26)(H,24,25);2-3,6-9,12,15H,4-5,10-11H2,1H3,(H,23,26)(H,24,25)/b3*7-4+;9-6+;7-2+. The largest absolute Gasteiger partial charge is 0.495 e. The first-order chi connectivity index (χ1) is 72.5. The highest BCUT2D eigenvalue weighted by Gasteiger charge is 2.30. The number of amides is 5. The van der Waals surface area contributed by atoms with Gasteiger partial charge in [0.2, 0.25) is 0 Å². The molecule has 0 atom stereocenters. The van der Waals surface area contributed by atoms with E-state index in [1.165, 1.54) is 42.2 Å². The molecular weight excluding hydrogens is 1900 g/mol. The lowest BCUT2D eigenvalue weighted by atomic mass is 10.1. The number of rotatable bonds is 31. The second-order valence-electron chi connectivity index (χ2n) is 35.5. The van der Waals surface area contributed by atoms with Gasteiger partial charge in [-0.1, -0.05) is 72.9 Å². The van der Waals surface area contributed by atoms with E-state index < -0.39 is 0 Å². The van der Waals surface area contributed by atoms with Crippen molar-refractivity contribution in [3.8, 4) is 63.2 Å². The van der Waals surface area contributed by atoms with E-state index in [0.717, 1.165) is 205 Å². The van der Waals surface area contributed by atoms with Gasteiger partial charge < -0.3 is 83.1 Å². The van der Waals surface area contributed by atoms with Crippen LogP contribution in [0.5, 0.6) is 63.2 Å². The molecule has 2 saturated carbocycles. The maximum atomic E-state index is 12.8. The Morgan fingerprint density at radius 2 is 0.709 bits per heavy atom. The number of fused-ring (bicyclic) bond motifs is 9. The zero-order valence-electron chi connectivity index (χ0n) is 82.5. The molecule has 23 rings (SSSR count). The van der Waals surface area contributed by atoms with Crippen molar-refractivity contribution < 1.29 is 80.5 Å². The maximum absolute atomic E-state index is 12.8. The first-order valence-electron chi connectivity index (χ1n) is 48.5. The van der Waals surface area contributed by atoms with Gasteiger partial charge in [-0.25, -0.2) is 0 Å². The van der Waals surface area contributed by atoms with Crippen molar-refractivity contribution in [2.45, 2.75) is 70.5 Å². The van der Waals surface area contributed by atoms with Gasteiger partial charge in [0, 0.05) is 49.7 Å². The summed E-state index contributed by atoms with van der Waals surface area (Å²) in [7, 11) is 11.0. The predicted molar refractivity (Wildman–Crippen MR) is 573 cm³/mol. The number of hydrogen-bond acceptors (Lipinski definition) is 23. The molecule has 7 aromatic heterocycles. The fraction of sp³-hybridized carbons (Fsp3) is 0.217. The maximum Gasteiger partial charge on any atom is 0.255 e. The van der Waals surface area contributed by atoms with Crippen LogP contribution in [0.1, 0.15) is 167 Å². The van der Waals surface area contributed by atoms with Crippen LogP contribution in [0.25, 0.3) is 115 Å². The molecule has 2 fully saturated rings. The molecule has 6 aliphatic rings. The van der Waals surface area contributed by atoms with Gasteiger partial charge in [0.05, 0.1) is 206 Å². The summed E-state index contributed by atoms with van der Waals surface area (Å²) in [5, 5.41) is 57.5. The second-order valence-corrected chi connectivity index (χ2v) is 36.5. The van der Waals surface area contributed by atoms with Crippen LogP contribution >= 0.6 is 11.3 Å². The summed E-state index contributed by atoms with van der Waals surface area (Å²) in [4.78, 5) is 64.4. The molecule has 10 aromatic carbocycles. The summed E-state index contributed by atoms with van der Waals surface area (Å²) in [6.07, 6.45) is 31.2. The monoisotopic (exact) mass is 2000 g/mol. The summed E-state index contributed by atoms with van der Waals surface area (Å²) in [5.41, 5.74) is 20.2. The normalized spacial score (nSPS) is 13.5. The Labute approximate surface area is 855 Å². The molecule has 10 N–H and O–H groups in total. The molecule has 148 heavy (non-hydrogen) atoms. The van der Waals surface area contributed by atoms with Gasteiger partial charge in [0.15, 0.2) is 11.5 Å². The Morgan fingerprint density at radius 3 is 1.03 bits per heavy atom. The van der Waals surface area contributed by atoms with E-state index in [2.05, 4.69) is 108 Å². The zero-order chi connectivity index (χ0) is 102. The van der Waals surface area contributed by atoms with Crippen molar-refractivity contribution in [3.63, 3.8) is 0 Å². The van der Waals surface area contributed by atoms with Gasteiger partial charge in [-0.05, 0) is 257 Å².